The van der Waals surface area contributed by atoms with Crippen LogP contribution in [0.4, 0.5) is 0 Å². The summed E-state index contributed by atoms with van der Waals surface area (Å²) in [5, 5.41) is 30.6. The Labute approximate surface area is 154 Å². The average molecular weight is 353 g/mol. The van der Waals surface area contributed by atoms with Crippen LogP contribution in [0, 0.1) is 11.8 Å². The molecule has 0 aromatic heterocycles. The minimum Gasteiger partial charge on any atom is -0.393 e. The maximum atomic E-state index is 10.2. The molecule has 0 aliphatic heterocycles. The Kier molecular flexibility index (Phi) is 12.1. The Balaban J connectivity index is 2.42. The van der Waals surface area contributed by atoms with Gasteiger partial charge in [-0.05, 0) is 25.2 Å². The van der Waals surface area contributed by atoms with Crippen LogP contribution < -0.4 is 0 Å². The van der Waals surface area contributed by atoms with Gasteiger partial charge in [0, 0.05) is 12.3 Å². The summed E-state index contributed by atoms with van der Waals surface area (Å²) < 4.78 is 0. The molecule has 25 heavy (non-hydrogen) atoms. The van der Waals surface area contributed by atoms with Crippen molar-refractivity contribution >= 4 is 0 Å². The summed E-state index contributed by atoms with van der Waals surface area (Å²) >= 11 is 0. The van der Waals surface area contributed by atoms with Gasteiger partial charge in [-0.15, -0.1) is 0 Å². The summed E-state index contributed by atoms with van der Waals surface area (Å²) in [6.45, 7) is 4.38. The normalized spacial score (nSPS) is 28.4. The molecule has 146 valence electrons. The zero-order valence-electron chi connectivity index (χ0n) is 16.3. The monoisotopic (exact) mass is 352 g/mol. The smallest absolute Gasteiger partial charge is 0.0721 e. The van der Waals surface area contributed by atoms with Crippen molar-refractivity contribution in [1.29, 1.82) is 0 Å². The van der Waals surface area contributed by atoms with Gasteiger partial charge in [0.15, 0.2) is 0 Å². The highest BCUT2D eigenvalue weighted by Crippen LogP contribution is 2.36. The Hall–Kier alpha value is -0.640. The van der Waals surface area contributed by atoms with E-state index in [0.29, 0.717) is 6.42 Å². The second-order valence-electron chi connectivity index (χ2n) is 7.62. The molecule has 0 bridgehead atoms. The fraction of sp³-hybridized carbons (Fsp3) is 0.818. The number of hydrogen-bond donors (Lipinski definition) is 3. The van der Waals surface area contributed by atoms with E-state index in [2.05, 4.69) is 26.0 Å². The average Bonchev–Trinajstić information content (AvgIpc) is 2.85. The third-order valence-corrected chi connectivity index (χ3v) is 5.37. The third-order valence-electron chi connectivity index (χ3n) is 5.37. The van der Waals surface area contributed by atoms with Crippen LogP contribution in [-0.2, 0) is 0 Å². The van der Waals surface area contributed by atoms with E-state index >= 15 is 0 Å². The van der Waals surface area contributed by atoms with Crippen LogP contribution in [0.3, 0.4) is 0 Å². The Bertz CT molecular complexity index is 377. The van der Waals surface area contributed by atoms with Gasteiger partial charge in [-0.25, -0.2) is 0 Å². The van der Waals surface area contributed by atoms with Crippen molar-refractivity contribution in [2.24, 2.45) is 11.8 Å². The maximum Gasteiger partial charge on any atom is 0.0721 e. The van der Waals surface area contributed by atoms with Crippen LogP contribution in [0.2, 0.25) is 0 Å². The van der Waals surface area contributed by atoms with Crippen LogP contribution >= 0.6 is 0 Å². The van der Waals surface area contributed by atoms with E-state index in [9.17, 15) is 15.3 Å². The molecule has 0 aromatic carbocycles. The summed E-state index contributed by atoms with van der Waals surface area (Å²) in [5.74, 6) is 0.00134. The number of unbranched alkanes of at least 4 members (excludes halogenated alkanes) is 6. The van der Waals surface area contributed by atoms with E-state index in [-0.39, 0.29) is 11.8 Å². The van der Waals surface area contributed by atoms with E-state index in [1.807, 2.05) is 12.2 Å². The fourth-order valence-corrected chi connectivity index (χ4v) is 3.71. The molecule has 3 nitrogen and oxygen atoms in total. The Morgan fingerprint density at radius 1 is 0.920 bits per heavy atom. The Morgan fingerprint density at radius 3 is 2.36 bits per heavy atom. The highest BCUT2D eigenvalue weighted by atomic mass is 16.3. The zero-order chi connectivity index (χ0) is 18.5. The summed E-state index contributed by atoms with van der Waals surface area (Å²) in [6, 6.07) is 0. The second kappa shape index (κ2) is 13.5. The first-order valence-corrected chi connectivity index (χ1v) is 10.5. The molecule has 0 saturated heterocycles. The third kappa shape index (κ3) is 9.03. The van der Waals surface area contributed by atoms with Crippen molar-refractivity contribution in [1.82, 2.24) is 0 Å². The zero-order valence-corrected chi connectivity index (χ0v) is 16.3. The first kappa shape index (κ1) is 22.4. The van der Waals surface area contributed by atoms with Crippen molar-refractivity contribution in [3.05, 3.63) is 24.3 Å². The molecule has 3 heteroatoms. The van der Waals surface area contributed by atoms with Gasteiger partial charge in [-0.3, -0.25) is 0 Å². The van der Waals surface area contributed by atoms with Crippen molar-refractivity contribution in [2.45, 2.75) is 103 Å². The van der Waals surface area contributed by atoms with E-state index < -0.39 is 18.3 Å². The number of hydrogen-bond acceptors (Lipinski definition) is 3. The van der Waals surface area contributed by atoms with Crippen LogP contribution in [-0.4, -0.2) is 33.6 Å². The van der Waals surface area contributed by atoms with Crippen LogP contribution in [0.25, 0.3) is 0 Å². The molecule has 0 radical (unpaired) electrons. The van der Waals surface area contributed by atoms with Crippen molar-refractivity contribution in [3.63, 3.8) is 0 Å². The molecule has 3 N–H and O–H groups in total. The lowest BCUT2D eigenvalue weighted by atomic mass is 9.89. The predicted octanol–water partition coefficient (Wildman–Crippen LogP) is 4.76. The van der Waals surface area contributed by atoms with Gasteiger partial charge in [0.05, 0.1) is 18.3 Å². The highest BCUT2D eigenvalue weighted by Gasteiger charge is 2.39. The minimum absolute atomic E-state index is 0.0550. The largest absolute Gasteiger partial charge is 0.393 e. The SMILES string of the molecule is CCCC/C=C\C[C@@H]1[C@@H](/C=C/[C@H](O)CCCCCCC)[C@H](O)C[C@@H]1O. The summed E-state index contributed by atoms with van der Waals surface area (Å²) in [5.41, 5.74) is 0. The predicted molar refractivity (Wildman–Crippen MR) is 105 cm³/mol. The quantitative estimate of drug-likeness (QED) is 0.331. The molecule has 0 aromatic rings. The molecule has 1 fully saturated rings. The fourth-order valence-electron chi connectivity index (χ4n) is 3.71. The Morgan fingerprint density at radius 2 is 1.64 bits per heavy atom. The van der Waals surface area contributed by atoms with Crippen molar-refractivity contribution in [3.8, 4) is 0 Å². The molecular weight excluding hydrogens is 312 g/mol. The lowest BCUT2D eigenvalue weighted by Gasteiger charge is -2.19. The van der Waals surface area contributed by atoms with Crippen LogP contribution in [0.15, 0.2) is 24.3 Å². The molecule has 1 aliphatic carbocycles. The number of allylic oxidation sites excluding steroid dienone is 2. The lowest BCUT2D eigenvalue weighted by molar-refractivity contribution is 0.120. The van der Waals surface area contributed by atoms with Gasteiger partial charge in [-0.1, -0.05) is 83.1 Å². The van der Waals surface area contributed by atoms with Gasteiger partial charge in [-0.2, -0.15) is 0 Å². The minimum atomic E-state index is -0.503. The maximum absolute atomic E-state index is 10.2. The standard InChI is InChI=1S/C22H40O3/c1-3-5-7-9-11-13-18(23)15-16-20-19(21(24)17-22(20)25)14-12-10-8-6-4-2/h10,12,15-16,18-25H,3-9,11,13-14,17H2,1-2H3/b12-10-,16-15+/t18-,19-,20-,21+,22-/m1/s1. The van der Waals surface area contributed by atoms with E-state index in [0.717, 1.165) is 25.7 Å². The molecule has 1 saturated carbocycles. The van der Waals surface area contributed by atoms with Gasteiger partial charge in [0.25, 0.3) is 0 Å². The number of rotatable bonds is 13. The van der Waals surface area contributed by atoms with Gasteiger partial charge < -0.3 is 15.3 Å². The topological polar surface area (TPSA) is 60.7 Å². The lowest BCUT2D eigenvalue weighted by Crippen LogP contribution is -2.20. The molecule has 0 unspecified atom stereocenters. The molecule has 1 aliphatic rings. The highest BCUT2D eigenvalue weighted by molar-refractivity contribution is 5.06. The molecular formula is C22H40O3. The van der Waals surface area contributed by atoms with Crippen LogP contribution in [0.5, 0.6) is 0 Å². The van der Waals surface area contributed by atoms with Gasteiger partial charge in [0.1, 0.15) is 0 Å². The van der Waals surface area contributed by atoms with E-state index in [1.54, 1.807) is 0 Å². The van der Waals surface area contributed by atoms with Crippen LogP contribution in [0.1, 0.15) is 84.5 Å². The molecule has 5 atom stereocenters. The van der Waals surface area contributed by atoms with E-state index in [1.165, 1.54) is 38.5 Å². The number of aliphatic hydroxyl groups excluding tert-OH is 3. The first-order valence-electron chi connectivity index (χ1n) is 10.5. The second-order valence-corrected chi connectivity index (χ2v) is 7.62. The number of aliphatic hydroxyl groups is 3. The molecule has 0 heterocycles. The summed E-state index contributed by atoms with van der Waals surface area (Å²) in [6.07, 6.45) is 18.2. The first-order chi connectivity index (χ1) is 12.1. The summed E-state index contributed by atoms with van der Waals surface area (Å²) in [4.78, 5) is 0. The van der Waals surface area contributed by atoms with E-state index in [4.69, 9.17) is 0 Å². The molecule has 1 rings (SSSR count). The summed E-state index contributed by atoms with van der Waals surface area (Å²) in [7, 11) is 0. The van der Waals surface area contributed by atoms with Gasteiger partial charge in [0.2, 0.25) is 0 Å². The van der Waals surface area contributed by atoms with Crippen molar-refractivity contribution in [2.75, 3.05) is 0 Å². The molecule has 0 spiro atoms. The molecule has 0 amide bonds. The van der Waals surface area contributed by atoms with Crippen molar-refractivity contribution < 1.29 is 15.3 Å². The van der Waals surface area contributed by atoms with Gasteiger partial charge >= 0.3 is 0 Å².